The zero-order valence-electron chi connectivity index (χ0n) is 11.4. The molecule has 104 valence electrons. The van der Waals surface area contributed by atoms with Gasteiger partial charge in [-0.25, -0.2) is 0 Å². The molecule has 2 saturated carbocycles. The molecule has 0 saturated heterocycles. The van der Waals surface area contributed by atoms with Crippen molar-refractivity contribution in [3.8, 4) is 0 Å². The number of likely N-dealkylation sites (N-methyl/N-ethyl adjacent to an activating group) is 1. The molecule has 0 spiro atoms. The maximum absolute atomic E-state index is 12.2. The Labute approximate surface area is 110 Å². The third kappa shape index (κ3) is 4.25. The topological polar surface area (TPSA) is 55.6 Å². The molecular weight excluding hydrogens is 228 g/mol. The van der Waals surface area contributed by atoms with Crippen molar-refractivity contribution < 1.29 is 9.53 Å². The van der Waals surface area contributed by atoms with E-state index in [-0.39, 0.29) is 11.8 Å². The molecule has 18 heavy (non-hydrogen) atoms. The molecule has 2 aliphatic rings. The van der Waals surface area contributed by atoms with Crippen molar-refractivity contribution in [1.29, 1.82) is 0 Å². The van der Waals surface area contributed by atoms with Crippen LogP contribution in [0.1, 0.15) is 38.5 Å². The van der Waals surface area contributed by atoms with Gasteiger partial charge < -0.3 is 15.4 Å². The number of hydrogen-bond acceptors (Lipinski definition) is 3. The number of ether oxygens (including phenoxy) is 1. The van der Waals surface area contributed by atoms with Crippen molar-refractivity contribution in [2.75, 3.05) is 26.8 Å². The number of carbonyl (C=O) groups excluding carboxylic acids is 1. The molecule has 2 rings (SSSR count). The summed E-state index contributed by atoms with van der Waals surface area (Å²) in [7, 11) is 1.89. The van der Waals surface area contributed by atoms with Gasteiger partial charge in [0.2, 0.25) is 5.91 Å². The number of carbonyl (C=O) groups is 1. The Hall–Kier alpha value is -0.610. The fourth-order valence-electron chi connectivity index (χ4n) is 2.52. The highest BCUT2D eigenvalue weighted by atomic mass is 16.5. The van der Waals surface area contributed by atoms with Crippen molar-refractivity contribution in [2.45, 2.75) is 44.6 Å². The zero-order valence-corrected chi connectivity index (χ0v) is 11.4. The van der Waals surface area contributed by atoms with E-state index in [9.17, 15) is 4.79 Å². The van der Waals surface area contributed by atoms with Gasteiger partial charge in [0.15, 0.2) is 0 Å². The smallest absolute Gasteiger partial charge is 0.225 e. The molecular formula is C14H26N2O2. The largest absolute Gasteiger partial charge is 0.379 e. The van der Waals surface area contributed by atoms with E-state index in [1.165, 1.54) is 12.8 Å². The molecule has 4 nitrogen and oxygen atoms in total. The van der Waals surface area contributed by atoms with Gasteiger partial charge in [0.1, 0.15) is 0 Å². The van der Waals surface area contributed by atoms with E-state index >= 15 is 0 Å². The van der Waals surface area contributed by atoms with E-state index < -0.39 is 0 Å². The van der Waals surface area contributed by atoms with E-state index in [0.29, 0.717) is 19.2 Å². The average Bonchev–Trinajstić information content (AvgIpc) is 3.18. The predicted octanol–water partition coefficient (Wildman–Crippen LogP) is 1.39. The normalized spacial score (nSPS) is 28.1. The summed E-state index contributed by atoms with van der Waals surface area (Å²) in [5, 5.41) is 0. The molecule has 0 aromatic rings. The van der Waals surface area contributed by atoms with Crippen LogP contribution in [0.25, 0.3) is 0 Å². The van der Waals surface area contributed by atoms with Crippen LogP contribution in [0.2, 0.25) is 0 Å². The molecule has 0 aliphatic heterocycles. The van der Waals surface area contributed by atoms with Gasteiger partial charge in [-0.05, 0) is 44.4 Å². The van der Waals surface area contributed by atoms with Crippen LogP contribution >= 0.6 is 0 Å². The van der Waals surface area contributed by atoms with E-state index in [1.54, 1.807) is 0 Å². The minimum Gasteiger partial charge on any atom is -0.379 e. The molecule has 0 heterocycles. The summed E-state index contributed by atoms with van der Waals surface area (Å²) in [6.07, 6.45) is 6.51. The van der Waals surface area contributed by atoms with Gasteiger partial charge in [-0.15, -0.1) is 0 Å². The van der Waals surface area contributed by atoms with Crippen molar-refractivity contribution in [3.63, 3.8) is 0 Å². The number of amides is 1. The first-order valence-corrected chi connectivity index (χ1v) is 7.25. The molecule has 0 aromatic carbocycles. The molecule has 0 aromatic heterocycles. The second-order valence-corrected chi connectivity index (χ2v) is 5.89. The summed E-state index contributed by atoms with van der Waals surface area (Å²) in [6.45, 7) is 2.26. The van der Waals surface area contributed by atoms with Crippen LogP contribution in [-0.4, -0.2) is 43.7 Å². The number of hydrogen-bond donors (Lipinski definition) is 1. The minimum atomic E-state index is 0.193. The number of nitrogens with zero attached hydrogens (tertiary/aromatic N) is 1. The highest BCUT2D eigenvalue weighted by Crippen LogP contribution is 2.28. The fraction of sp³-hybridized carbons (Fsp3) is 0.929. The molecule has 2 fully saturated rings. The van der Waals surface area contributed by atoms with Crippen LogP contribution in [0.3, 0.4) is 0 Å². The Morgan fingerprint density at radius 2 is 1.89 bits per heavy atom. The average molecular weight is 254 g/mol. The Morgan fingerprint density at radius 3 is 2.50 bits per heavy atom. The van der Waals surface area contributed by atoms with Gasteiger partial charge in [0.05, 0.1) is 6.61 Å². The third-order valence-electron chi connectivity index (χ3n) is 4.12. The van der Waals surface area contributed by atoms with E-state index in [0.717, 1.165) is 38.2 Å². The monoisotopic (exact) mass is 254 g/mol. The van der Waals surface area contributed by atoms with Gasteiger partial charge in [-0.1, -0.05) is 0 Å². The molecule has 0 bridgehead atoms. The van der Waals surface area contributed by atoms with E-state index in [2.05, 4.69) is 0 Å². The van der Waals surface area contributed by atoms with Crippen LogP contribution in [0, 0.1) is 11.8 Å². The van der Waals surface area contributed by atoms with Crippen molar-refractivity contribution >= 4 is 5.91 Å². The summed E-state index contributed by atoms with van der Waals surface area (Å²) in [5.74, 6) is 1.26. The number of nitrogens with two attached hydrogens (primary N) is 1. The van der Waals surface area contributed by atoms with Crippen LogP contribution in [0.15, 0.2) is 0 Å². The summed E-state index contributed by atoms with van der Waals surface area (Å²) < 4.78 is 5.57. The lowest BCUT2D eigenvalue weighted by Gasteiger charge is -2.28. The van der Waals surface area contributed by atoms with Crippen molar-refractivity contribution in [1.82, 2.24) is 4.90 Å². The van der Waals surface area contributed by atoms with Crippen LogP contribution in [0.5, 0.6) is 0 Å². The molecule has 0 unspecified atom stereocenters. The van der Waals surface area contributed by atoms with Crippen LogP contribution in [-0.2, 0) is 9.53 Å². The van der Waals surface area contributed by atoms with Crippen molar-refractivity contribution in [2.24, 2.45) is 17.6 Å². The summed E-state index contributed by atoms with van der Waals surface area (Å²) in [5.41, 5.74) is 5.86. The standard InChI is InChI=1S/C14H26N2O2/c1-16(8-9-18-10-11-2-3-11)14(17)12-4-6-13(15)7-5-12/h11-13H,2-10,15H2,1H3. The summed E-state index contributed by atoms with van der Waals surface area (Å²) in [4.78, 5) is 14.0. The maximum atomic E-state index is 12.2. The fourth-order valence-corrected chi connectivity index (χ4v) is 2.52. The first-order valence-electron chi connectivity index (χ1n) is 7.25. The minimum absolute atomic E-state index is 0.193. The lowest BCUT2D eigenvalue weighted by molar-refractivity contribution is -0.136. The quantitative estimate of drug-likeness (QED) is 0.729. The second kappa shape index (κ2) is 6.53. The molecule has 2 aliphatic carbocycles. The highest BCUT2D eigenvalue weighted by Gasteiger charge is 2.26. The van der Waals surface area contributed by atoms with Crippen molar-refractivity contribution in [3.05, 3.63) is 0 Å². The first kappa shape index (κ1) is 13.8. The predicted molar refractivity (Wildman–Crippen MR) is 71.1 cm³/mol. The summed E-state index contributed by atoms with van der Waals surface area (Å²) >= 11 is 0. The first-order chi connectivity index (χ1) is 8.66. The van der Waals surface area contributed by atoms with E-state index in [4.69, 9.17) is 10.5 Å². The summed E-state index contributed by atoms with van der Waals surface area (Å²) in [6, 6.07) is 0.307. The maximum Gasteiger partial charge on any atom is 0.225 e. The van der Waals surface area contributed by atoms with E-state index in [1.807, 2.05) is 11.9 Å². The Balaban J connectivity index is 1.60. The molecule has 0 radical (unpaired) electrons. The molecule has 4 heteroatoms. The number of rotatable bonds is 6. The zero-order chi connectivity index (χ0) is 13.0. The SMILES string of the molecule is CN(CCOCC1CC1)C(=O)C1CCC(N)CC1. The van der Waals surface area contributed by atoms with Gasteiger partial charge in [-0.2, -0.15) is 0 Å². The molecule has 2 N–H and O–H groups in total. The van der Waals surface area contributed by atoms with Gasteiger partial charge in [0.25, 0.3) is 0 Å². The Kier molecular flexibility index (Phi) is 5.01. The van der Waals surface area contributed by atoms with Gasteiger partial charge >= 0.3 is 0 Å². The van der Waals surface area contributed by atoms with Gasteiger partial charge in [0, 0.05) is 32.2 Å². The van der Waals surface area contributed by atoms with Gasteiger partial charge in [-0.3, -0.25) is 4.79 Å². The Bertz CT molecular complexity index is 271. The molecule has 1 amide bonds. The van der Waals surface area contributed by atoms with Crippen LogP contribution in [0.4, 0.5) is 0 Å². The molecule has 0 atom stereocenters. The van der Waals surface area contributed by atoms with Crippen LogP contribution < -0.4 is 5.73 Å². The third-order valence-corrected chi connectivity index (χ3v) is 4.12. The Morgan fingerprint density at radius 1 is 1.22 bits per heavy atom. The lowest BCUT2D eigenvalue weighted by Crippen LogP contribution is -2.38. The second-order valence-electron chi connectivity index (χ2n) is 5.89. The highest BCUT2D eigenvalue weighted by molar-refractivity contribution is 5.78. The lowest BCUT2D eigenvalue weighted by atomic mass is 9.85.